The Morgan fingerprint density at radius 3 is 3.05 bits per heavy atom. The molecule has 1 fully saturated rings. The SMILES string of the molecule is C=C(C)COc1cccc(CN2CC[C@H](C(=O)NCC)C2)c1. The lowest BCUT2D eigenvalue weighted by Crippen LogP contribution is -2.32. The first-order valence-electron chi connectivity index (χ1n) is 7.94. The van der Waals surface area contributed by atoms with Gasteiger partial charge in [0.05, 0.1) is 5.92 Å². The molecule has 0 radical (unpaired) electrons. The average molecular weight is 302 g/mol. The van der Waals surface area contributed by atoms with Gasteiger partial charge in [-0.3, -0.25) is 9.69 Å². The van der Waals surface area contributed by atoms with Gasteiger partial charge in [0.25, 0.3) is 0 Å². The highest BCUT2D eigenvalue weighted by Crippen LogP contribution is 2.21. The van der Waals surface area contributed by atoms with Crippen molar-refractivity contribution >= 4 is 5.91 Å². The van der Waals surface area contributed by atoms with Crippen LogP contribution in [0.25, 0.3) is 0 Å². The van der Waals surface area contributed by atoms with Gasteiger partial charge in [-0.2, -0.15) is 0 Å². The Morgan fingerprint density at radius 2 is 2.32 bits per heavy atom. The molecule has 120 valence electrons. The van der Waals surface area contributed by atoms with Crippen molar-refractivity contribution in [2.45, 2.75) is 26.8 Å². The third kappa shape index (κ3) is 4.88. The predicted octanol–water partition coefficient (Wildman–Crippen LogP) is 2.60. The third-order valence-electron chi connectivity index (χ3n) is 3.78. The summed E-state index contributed by atoms with van der Waals surface area (Å²) < 4.78 is 5.68. The van der Waals surface area contributed by atoms with E-state index in [1.807, 2.05) is 26.0 Å². The Bertz CT molecular complexity index is 528. The van der Waals surface area contributed by atoms with Crippen LogP contribution in [0.5, 0.6) is 5.75 Å². The van der Waals surface area contributed by atoms with Gasteiger partial charge in [-0.15, -0.1) is 0 Å². The smallest absolute Gasteiger partial charge is 0.224 e. The molecule has 0 bridgehead atoms. The summed E-state index contributed by atoms with van der Waals surface area (Å²) in [4.78, 5) is 14.2. The Balaban J connectivity index is 1.87. The minimum absolute atomic E-state index is 0.128. The summed E-state index contributed by atoms with van der Waals surface area (Å²) in [6.07, 6.45) is 0.942. The fourth-order valence-electron chi connectivity index (χ4n) is 2.71. The number of nitrogens with one attached hydrogen (secondary N) is 1. The lowest BCUT2D eigenvalue weighted by atomic mass is 10.1. The highest BCUT2D eigenvalue weighted by molar-refractivity contribution is 5.79. The largest absolute Gasteiger partial charge is 0.489 e. The summed E-state index contributed by atoms with van der Waals surface area (Å²) in [6.45, 7) is 11.7. The summed E-state index contributed by atoms with van der Waals surface area (Å²) in [6, 6.07) is 8.16. The average Bonchev–Trinajstić information content (AvgIpc) is 2.94. The number of hydrogen-bond acceptors (Lipinski definition) is 3. The summed E-state index contributed by atoms with van der Waals surface area (Å²) >= 11 is 0. The van der Waals surface area contributed by atoms with Gasteiger partial charge in [0.1, 0.15) is 12.4 Å². The van der Waals surface area contributed by atoms with Crippen molar-refractivity contribution in [3.05, 3.63) is 42.0 Å². The van der Waals surface area contributed by atoms with Crippen LogP contribution in [0.15, 0.2) is 36.4 Å². The summed E-state index contributed by atoms with van der Waals surface area (Å²) in [7, 11) is 0. The topological polar surface area (TPSA) is 41.6 Å². The lowest BCUT2D eigenvalue weighted by molar-refractivity contribution is -0.124. The normalized spacial score (nSPS) is 18.2. The van der Waals surface area contributed by atoms with E-state index in [-0.39, 0.29) is 11.8 Å². The van der Waals surface area contributed by atoms with Gasteiger partial charge in [-0.25, -0.2) is 0 Å². The minimum atomic E-state index is 0.128. The van der Waals surface area contributed by atoms with E-state index in [0.717, 1.165) is 37.4 Å². The Kier molecular flexibility index (Phi) is 6.01. The number of carbonyl (C=O) groups is 1. The van der Waals surface area contributed by atoms with Gasteiger partial charge in [0, 0.05) is 19.6 Å². The molecular formula is C18H26N2O2. The number of likely N-dealkylation sites (tertiary alicyclic amines) is 1. The van der Waals surface area contributed by atoms with Crippen LogP contribution in [0, 0.1) is 5.92 Å². The highest BCUT2D eigenvalue weighted by Gasteiger charge is 2.27. The molecule has 1 aromatic rings. The summed E-state index contributed by atoms with van der Waals surface area (Å²) in [5.74, 6) is 1.19. The number of benzene rings is 1. The van der Waals surface area contributed by atoms with Crippen LogP contribution in [-0.4, -0.2) is 37.0 Å². The van der Waals surface area contributed by atoms with Crippen molar-refractivity contribution in [3.63, 3.8) is 0 Å². The fourth-order valence-corrected chi connectivity index (χ4v) is 2.71. The Hall–Kier alpha value is -1.81. The van der Waals surface area contributed by atoms with Crippen LogP contribution in [-0.2, 0) is 11.3 Å². The van der Waals surface area contributed by atoms with E-state index < -0.39 is 0 Å². The Morgan fingerprint density at radius 1 is 1.50 bits per heavy atom. The molecule has 4 nitrogen and oxygen atoms in total. The molecule has 2 rings (SSSR count). The molecule has 22 heavy (non-hydrogen) atoms. The number of hydrogen-bond donors (Lipinski definition) is 1. The molecule has 1 N–H and O–H groups in total. The molecule has 1 atom stereocenters. The molecule has 0 unspecified atom stereocenters. The second-order valence-electron chi connectivity index (χ2n) is 6.01. The summed E-state index contributed by atoms with van der Waals surface area (Å²) in [5.41, 5.74) is 2.23. The van der Waals surface area contributed by atoms with E-state index in [9.17, 15) is 4.79 Å². The van der Waals surface area contributed by atoms with E-state index in [1.54, 1.807) is 0 Å². The van der Waals surface area contributed by atoms with Gasteiger partial charge in [0.2, 0.25) is 5.91 Å². The number of carbonyl (C=O) groups excluding carboxylic acids is 1. The van der Waals surface area contributed by atoms with Crippen LogP contribution < -0.4 is 10.1 Å². The highest BCUT2D eigenvalue weighted by atomic mass is 16.5. The van der Waals surface area contributed by atoms with Crippen LogP contribution in [0.2, 0.25) is 0 Å². The molecule has 0 aliphatic carbocycles. The van der Waals surface area contributed by atoms with Crippen LogP contribution in [0.1, 0.15) is 25.8 Å². The minimum Gasteiger partial charge on any atom is -0.489 e. The third-order valence-corrected chi connectivity index (χ3v) is 3.78. The molecule has 1 heterocycles. The van der Waals surface area contributed by atoms with Gasteiger partial charge in [0.15, 0.2) is 0 Å². The molecule has 0 spiro atoms. The zero-order chi connectivity index (χ0) is 15.9. The molecule has 0 aromatic heterocycles. The van der Waals surface area contributed by atoms with Crippen LogP contribution in [0.4, 0.5) is 0 Å². The molecule has 1 amide bonds. The molecule has 0 saturated carbocycles. The van der Waals surface area contributed by atoms with E-state index >= 15 is 0 Å². The lowest BCUT2D eigenvalue weighted by Gasteiger charge is -2.16. The fraction of sp³-hybridized carbons (Fsp3) is 0.500. The van der Waals surface area contributed by atoms with Crippen molar-refractivity contribution in [2.24, 2.45) is 5.92 Å². The van der Waals surface area contributed by atoms with Gasteiger partial charge < -0.3 is 10.1 Å². The molecule has 1 aliphatic heterocycles. The number of rotatable bonds is 7. The molecule has 1 aromatic carbocycles. The standard InChI is InChI=1S/C18H26N2O2/c1-4-19-18(21)16-8-9-20(12-16)11-15-6-5-7-17(10-15)22-13-14(2)3/h5-7,10,16H,2,4,8-9,11-13H2,1,3H3,(H,19,21)/t16-/m0/s1. The molecule has 4 heteroatoms. The van der Waals surface area contributed by atoms with Crippen molar-refractivity contribution in [2.75, 3.05) is 26.2 Å². The number of ether oxygens (including phenoxy) is 1. The van der Waals surface area contributed by atoms with Crippen molar-refractivity contribution < 1.29 is 9.53 Å². The zero-order valence-electron chi connectivity index (χ0n) is 13.6. The molecule has 1 aliphatic rings. The molecule has 1 saturated heterocycles. The second-order valence-corrected chi connectivity index (χ2v) is 6.01. The van der Waals surface area contributed by atoms with E-state index in [2.05, 4.69) is 28.9 Å². The maximum atomic E-state index is 11.9. The van der Waals surface area contributed by atoms with Crippen molar-refractivity contribution in [3.8, 4) is 5.75 Å². The van der Waals surface area contributed by atoms with E-state index in [4.69, 9.17) is 4.74 Å². The maximum absolute atomic E-state index is 11.9. The first-order valence-corrected chi connectivity index (χ1v) is 7.94. The first-order chi connectivity index (χ1) is 10.6. The first kappa shape index (κ1) is 16.6. The van der Waals surface area contributed by atoms with E-state index in [0.29, 0.717) is 13.2 Å². The second kappa shape index (κ2) is 7.99. The Labute approximate surface area is 133 Å². The molecular weight excluding hydrogens is 276 g/mol. The summed E-state index contributed by atoms with van der Waals surface area (Å²) in [5, 5.41) is 2.91. The quantitative estimate of drug-likeness (QED) is 0.787. The number of amides is 1. The van der Waals surface area contributed by atoms with Gasteiger partial charge >= 0.3 is 0 Å². The van der Waals surface area contributed by atoms with Crippen LogP contribution >= 0.6 is 0 Å². The maximum Gasteiger partial charge on any atom is 0.224 e. The number of nitrogens with zero attached hydrogens (tertiary/aromatic N) is 1. The van der Waals surface area contributed by atoms with Gasteiger partial charge in [-0.1, -0.05) is 18.7 Å². The van der Waals surface area contributed by atoms with Gasteiger partial charge in [-0.05, 0) is 50.1 Å². The predicted molar refractivity (Wildman–Crippen MR) is 88.8 cm³/mol. The zero-order valence-corrected chi connectivity index (χ0v) is 13.6. The van der Waals surface area contributed by atoms with E-state index in [1.165, 1.54) is 5.56 Å². The monoisotopic (exact) mass is 302 g/mol. The van der Waals surface area contributed by atoms with Crippen molar-refractivity contribution in [1.29, 1.82) is 0 Å². The van der Waals surface area contributed by atoms with Crippen molar-refractivity contribution in [1.82, 2.24) is 10.2 Å². The van der Waals surface area contributed by atoms with Crippen LogP contribution in [0.3, 0.4) is 0 Å².